The van der Waals surface area contributed by atoms with Crippen molar-refractivity contribution in [1.82, 2.24) is 10.2 Å². The molecule has 198 valence electrons. The van der Waals surface area contributed by atoms with Crippen molar-refractivity contribution in [3.8, 4) is 51.3 Å². The Bertz CT molecular complexity index is 1770. The highest BCUT2D eigenvalue weighted by Gasteiger charge is 2.32. The third-order valence-electron chi connectivity index (χ3n) is 6.43. The molecule has 6 N–H and O–H groups in total. The molecular weight excluding hydrogens is 508 g/mol. The lowest BCUT2D eigenvalue weighted by Gasteiger charge is -2.20. The van der Waals surface area contributed by atoms with Gasteiger partial charge in [0.1, 0.15) is 22.5 Å². The van der Waals surface area contributed by atoms with Gasteiger partial charge in [-0.05, 0) is 23.8 Å². The summed E-state index contributed by atoms with van der Waals surface area (Å²) in [5, 5.41) is 58.6. The maximum atomic E-state index is 13.3. The number of carbonyl (C=O) groups excluding carboxylic acids is 1. The lowest BCUT2D eigenvalue weighted by atomic mass is 9.85. The van der Waals surface area contributed by atoms with Gasteiger partial charge in [0.05, 0.1) is 25.4 Å². The third kappa shape index (κ3) is 4.35. The Balaban J connectivity index is 1.84. The first-order chi connectivity index (χ1) is 18.7. The number of esters is 1. The monoisotopic (exact) mass is 530 g/mol. The molecule has 0 amide bonds. The number of phenols is 4. The molecule has 0 bridgehead atoms. The van der Waals surface area contributed by atoms with E-state index in [0.29, 0.717) is 11.3 Å². The molecule has 11 heteroatoms. The van der Waals surface area contributed by atoms with Crippen LogP contribution in [0.2, 0.25) is 0 Å². The van der Waals surface area contributed by atoms with Crippen molar-refractivity contribution in [2.75, 3.05) is 7.11 Å². The Labute approximate surface area is 219 Å². The minimum atomic E-state index is -1.02. The van der Waals surface area contributed by atoms with E-state index in [0.717, 1.165) is 23.8 Å². The van der Waals surface area contributed by atoms with E-state index < -0.39 is 57.2 Å². The van der Waals surface area contributed by atoms with Crippen LogP contribution >= 0.6 is 0 Å². The predicted octanol–water partition coefficient (Wildman–Crippen LogP) is 4.07. The number of H-pyrrole nitrogens is 1. The number of benzene rings is 3. The molecule has 5 rings (SSSR count). The van der Waals surface area contributed by atoms with Crippen LogP contribution < -0.4 is 5.43 Å². The number of ether oxygens (including phenoxy) is 1. The Kier molecular flexibility index (Phi) is 6.32. The van der Waals surface area contributed by atoms with Crippen LogP contribution in [0.5, 0.6) is 28.7 Å². The lowest BCUT2D eigenvalue weighted by Crippen LogP contribution is -2.13. The van der Waals surface area contributed by atoms with E-state index in [1.54, 1.807) is 0 Å². The standard InChI is InChI=1S/C28H22N2O9/c1-38-21(35)10-15(16-12-29-30-24(16)13-5-3-2-4-6-13)22-19(33)11-20(34)23-25(36)26(37)27(39-28(22)23)14-7-8-17(31)18(32)9-14/h2-9,11-12,15,31-34,37H,10H2,1H3,(H,29,30)/t15-/m1/s1. The zero-order chi connectivity index (χ0) is 27.8. The molecule has 2 heterocycles. The molecule has 0 saturated heterocycles. The van der Waals surface area contributed by atoms with Gasteiger partial charge in [0.15, 0.2) is 17.3 Å². The van der Waals surface area contributed by atoms with E-state index in [2.05, 4.69) is 10.2 Å². The van der Waals surface area contributed by atoms with Crippen LogP contribution in [0.1, 0.15) is 23.5 Å². The van der Waals surface area contributed by atoms with Crippen LogP contribution in [0.25, 0.3) is 33.6 Å². The molecule has 0 fully saturated rings. The van der Waals surface area contributed by atoms with Crippen LogP contribution in [0.4, 0.5) is 0 Å². The van der Waals surface area contributed by atoms with E-state index in [4.69, 9.17) is 9.15 Å². The highest BCUT2D eigenvalue weighted by molar-refractivity contribution is 5.92. The molecule has 5 aromatic rings. The first-order valence-electron chi connectivity index (χ1n) is 11.6. The molecule has 0 spiro atoms. The number of rotatable bonds is 6. The summed E-state index contributed by atoms with van der Waals surface area (Å²) < 4.78 is 10.8. The largest absolute Gasteiger partial charge is 0.507 e. The Morgan fingerprint density at radius 2 is 1.69 bits per heavy atom. The quantitative estimate of drug-likeness (QED) is 0.138. The molecule has 0 aliphatic carbocycles. The zero-order valence-corrected chi connectivity index (χ0v) is 20.4. The average molecular weight is 530 g/mol. The second kappa shape index (κ2) is 9.78. The topological polar surface area (TPSA) is 186 Å². The number of fused-ring (bicyclic) bond motifs is 1. The number of nitrogens with one attached hydrogen (secondary N) is 1. The van der Waals surface area contributed by atoms with Gasteiger partial charge >= 0.3 is 5.97 Å². The zero-order valence-electron chi connectivity index (χ0n) is 20.4. The highest BCUT2D eigenvalue weighted by atomic mass is 16.5. The van der Waals surface area contributed by atoms with Crippen LogP contribution in [-0.2, 0) is 9.53 Å². The van der Waals surface area contributed by atoms with E-state index in [9.17, 15) is 35.1 Å². The molecule has 39 heavy (non-hydrogen) atoms. The first kappa shape index (κ1) is 25.2. The van der Waals surface area contributed by atoms with Crippen molar-refractivity contribution in [2.45, 2.75) is 12.3 Å². The number of hydrogen-bond donors (Lipinski definition) is 6. The van der Waals surface area contributed by atoms with Crippen molar-refractivity contribution < 1.29 is 39.5 Å². The second-order valence-corrected chi connectivity index (χ2v) is 8.74. The van der Waals surface area contributed by atoms with Crippen LogP contribution in [0, 0.1) is 0 Å². The van der Waals surface area contributed by atoms with Crippen molar-refractivity contribution in [1.29, 1.82) is 0 Å². The fourth-order valence-corrected chi connectivity index (χ4v) is 4.55. The molecule has 1 atom stereocenters. The molecule has 3 aromatic carbocycles. The van der Waals surface area contributed by atoms with Crippen molar-refractivity contribution in [2.24, 2.45) is 0 Å². The van der Waals surface area contributed by atoms with Gasteiger partial charge in [0.25, 0.3) is 0 Å². The average Bonchev–Trinajstić information content (AvgIpc) is 3.41. The Morgan fingerprint density at radius 3 is 2.38 bits per heavy atom. The Morgan fingerprint density at radius 1 is 0.949 bits per heavy atom. The molecule has 11 nitrogen and oxygen atoms in total. The fraction of sp³-hybridized carbons (Fsp3) is 0.107. The SMILES string of the molecule is COC(=O)C[C@H](c1cn[nH]c1-c1ccccc1)c1c(O)cc(O)c2c(=O)c(O)c(-c3ccc(O)c(O)c3)oc12. The summed E-state index contributed by atoms with van der Waals surface area (Å²) in [7, 11) is 1.20. The van der Waals surface area contributed by atoms with Crippen molar-refractivity contribution in [3.63, 3.8) is 0 Å². The van der Waals surface area contributed by atoms with Crippen molar-refractivity contribution in [3.05, 3.63) is 82.1 Å². The van der Waals surface area contributed by atoms with Crippen LogP contribution in [0.3, 0.4) is 0 Å². The van der Waals surface area contributed by atoms with Gasteiger partial charge in [0.2, 0.25) is 11.2 Å². The summed E-state index contributed by atoms with van der Waals surface area (Å²) in [6.45, 7) is 0. The summed E-state index contributed by atoms with van der Waals surface area (Å²) in [5.74, 6) is -5.07. The molecule has 0 radical (unpaired) electrons. The number of phenolic OH excluding ortho intramolecular Hbond substituents is 4. The number of hydrogen-bond acceptors (Lipinski definition) is 10. The number of aromatic amines is 1. The fourth-order valence-electron chi connectivity index (χ4n) is 4.55. The molecule has 0 aliphatic heterocycles. The van der Waals surface area contributed by atoms with Crippen LogP contribution in [0.15, 0.2) is 70.0 Å². The molecule has 0 saturated carbocycles. The maximum absolute atomic E-state index is 13.3. The lowest BCUT2D eigenvalue weighted by molar-refractivity contribution is -0.140. The Hall–Kier alpha value is -5.45. The number of aromatic nitrogens is 2. The first-order valence-corrected chi connectivity index (χ1v) is 11.6. The molecule has 0 aliphatic rings. The van der Waals surface area contributed by atoms with Gasteiger partial charge in [0, 0.05) is 28.7 Å². The predicted molar refractivity (Wildman–Crippen MR) is 139 cm³/mol. The smallest absolute Gasteiger partial charge is 0.306 e. The van der Waals surface area contributed by atoms with Gasteiger partial charge in [-0.25, -0.2) is 0 Å². The summed E-state index contributed by atoms with van der Waals surface area (Å²) in [6, 6.07) is 13.5. The number of aromatic hydroxyl groups is 5. The van der Waals surface area contributed by atoms with E-state index in [1.165, 1.54) is 19.4 Å². The number of nitrogens with zero attached hydrogens (tertiary/aromatic N) is 1. The molecule has 0 unspecified atom stereocenters. The molecular formula is C28H22N2O9. The summed E-state index contributed by atoms with van der Waals surface area (Å²) in [5.41, 5.74) is 0.337. The molecule has 2 aromatic heterocycles. The van der Waals surface area contributed by atoms with Gasteiger partial charge < -0.3 is 34.7 Å². The normalized spacial score (nSPS) is 11.9. The highest BCUT2D eigenvalue weighted by Crippen LogP contribution is 2.46. The van der Waals surface area contributed by atoms with Gasteiger partial charge in [-0.2, -0.15) is 5.10 Å². The van der Waals surface area contributed by atoms with Crippen LogP contribution in [-0.4, -0.2) is 48.8 Å². The second-order valence-electron chi connectivity index (χ2n) is 8.74. The van der Waals surface area contributed by atoms with E-state index in [-0.39, 0.29) is 23.1 Å². The summed E-state index contributed by atoms with van der Waals surface area (Å²) in [6.07, 6.45) is 1.15. The summed E-state index contributed by atoms with van der Waals surface area (Å²) in [4.78, 5) is 25.8. The van der Waals surface area contributed by atoms with E-state index in [1.807, 2.05) is 30.3 Å². The van der Waals surface area contributed by atoms with Gasteiger partial charge in [-0.3, -0.25) is 14.7 Å². The van der Waals surface area contributed by atoms with Crippen molar-refractivity contribution >= 4 is 16.9 Å². The van der Waals surface area contributed by atoms with Gasteiger partial charge in [-0.1, -0.05) is 30.3 Å². The minimum absolute atomic E-state index is 0.0217. The maximum Gasteiger partial charge on any atom is 0.306 e. The third-order valence-corrected chi connectivity index (χ3v) is 6.43. The summed E-state index contributed by atoms with van der Waals surface area (Å²) >= 11 is 0. The number of methoxy groups -OCH3 is 1. The minimum Gasteiger partial charge on any atom is -0.507 e. The van der Waals surface area contributed by atoms with E-state index >= 15 is 0 Å². The van der Waals surface area contributed by atoms with Gasteiger partial charge in [-0.15, -0.1) is 0 Å². The number of carbonyl (C=O) groups is 1.